The van der Waals surface area contributed by atoms with Gasteiger partial charge in [-0.1, -0.05) is 18.2 Å². The third-order valence-corrected chi connectivity index (χ3v) is 3.81. The zero-order valence-electron chi connectivity index (χ0n) is 10.2. The molecule has 2 aliphatic heterocycles. The first-order chi connectivity index (χ1) is 8.78. The molecule has 3 unspecified atom stereocenters. The fourth-order valence-corrected chi connectivity index (χ4v) is 2.88. The summed E-state index contributed by atoms with van der Waals surface area (Å²) in [5.74, 6) is -0.170. The Kier molecular flexibility index (Phi) is 3.07. The fourth-order valence-electron chi connectivity index (χ4n) is 2.88. The van der Waals surface area contributed by atoms with Gasteiger partial charge in [-0.25, -0.2) is 4.39 Å². The van der Waals surface area contributed by atoms with Crippen LogP contribution >= 0.6 is 0 Å². The Labute approximate surface area is 105 Å². The van der Waals surface area contributed by atoms with Gasteiger partial charge in [0, 0.05) is 18.6 Å². The molecule has 2 fully saturated rings. The Morgan fingerprint density at radius 3 is 3.11 bits per heavy atom. The molecule has 1 aromatic rings. The first-order valence-electron chi connectivity index (χ1n) is 6.02. The molecule has 4 nitrogen and oxygen atoms in total. The van der Waals surface area contributed by atoms with Gasteiger partial charge in [0.2, 0.25) is 0 Å². The molecule has 0 radical (unpaired) electrons. The number of hydrogen-bond acceptors (Lipinski definition) is 4. The number of fused-ring (bicyclic) bond motifs is 1. The van der Waals surface area contributed by atoms with Crippen molar-refractivity contribution in [2.75, 3.05) is 26.9 Å². The van der Waals surface area contributed by atoms with Crippen LogP contribution in [0.15, 0.2) is 24.3 Å². The Bertz CT molecular complexity index is 442. The molecule has 18 heavy (non-hydrogen) atoms. The van der Waals surface area contributed by atoms with Crippen molar-refractivity contribution in [3.05, 3.63) is 35.6 Å². The summed E-state index contributed by atoms with van der Waals surface area (Å²) in [4.78, 5) is 5.35. The van der Waals surface area contributed by atoms with Crippen LogP contribution < -0.4 is 5.48 Å². The maximum absolute atomic E-state index is 14.0. The highest BCUT2D eigenvalue weighted by molar-refractivity contribution is 5.30. The predicted molar refractivity (Wildman–Crippen MR) is 62.3 cm³/mol. The molecule has 3 atom stereocenters. The minimum absolute atomic E-state index is 0.0642. The molecule has 2 saturated heterocycles. The van der Waals surface area contributed by atoms with Crippen LogP contribution in [-0.2, 0) is 19.9 Å². The van der Waals surface area contributed by atoms with Crippen molar-refractivity contribution in [3.63, 3.8) is 0 Å². The van der Waals surface area contributed by atoms with Gasteiger partial charge in [0.25, 0.3) is 0 Å². The Morgan fingerprint density at radius 2 is 2.33 bits per heavy atom. The first kappa shape index (κ1) is 12.0. The minimum Gasteiger partial charge on any atom is -0.382 e. The highest BCUT2D eigenvalue weighted by Crippen LogP contribution is 2.43. The summed E-state index contributed by atoms with van der Waals surface area (Å²) >= 11 is 0. The van der Waals surface area contributed by atoms with Gasteiger partial charge < -0.3 is 14.3 Å². The van der Waals surface area contributed by atoms with Crippen molar-refractivity contribution >= 4 is 0 Å². The summed E-state index contributed by atoms with van der Waals surface area (Å²) in [5.41, 5.74) is 2.97. The number of methoxy groups -OCH3 is 1. The van der Waals surface area contributed by atoms with Crippen LogP contribution in [-0.4, -0.2) is 33.0 Å². The molecule has 2 heterocycles. The van der Waals surface area contributed by atoms with Gasteiger partial charge in [-0.3, -0.25) is 0 Å². The molecule has 5 heteroatoms. The molecule has 3 rings (SSSR count). The standard InChI is InChI=1S/C13H16FNO3/c1-16-7-12-10-6-18-15-13(10,8-17-12)9-4-2-3-5-11(9)14/h2-5,10,12,15H,6-8H2,1H3. The molecule has 1 N–H and O–H groups in total. The molecule has 2 aliphatic rings. The van der Waals surface area contributed by atoms with Gasteiger partial charge in [-0.15, -0.1) is 0 Å². The van der Waals surface area contributed by atoms with Crippen molar-refractivity contribution < 1.29 is 18.7 Å². The van der Waals surface area contributed by atoms with Crippen LogP contribution in [0.3, 0.4) is 0 Å². The van der Waals surface area contributed by atoms with Crippen molar-refractivity contribution in [2.45, 2.75) is 11.6 Å². The number of hydroxylamine groups is 1. The van der Waals surface area contributed by atoms with E-state index in [1.165, 1.54) is 6.07 Å². The molecule has 98 valence electrons. The number of rotatable bonds is 3. The number of hydrogen-bond donors (Lipinski definition) is 1. The molecule has 0 bridgehead atoms. The van der Waals surface area contributed by atoms with E-state index < -0.39 is 5.54 Å². The van der Waals surface area contributed by atoms with Crippen LogP contribution in [0.5, 0.6) is 0 Å². The summed E-state index contributed by atoms with van der Waals surface area (Å²) in [6.45, 7) is 1.39. The second-order valence-electron chi connectivity index (χ2n) is 4.78. The van der Waals surface area contributed by atoms with Gasteiger partial charge in [-0.05, 0) is 6.07 Å². The molecular weight excluding hydrogens is 237 g/mol. The van der Waals surface area contributed by atoms with Crippen LogP contribution in [0, 0.1) is 11.7 Å². The largest absolute Gasteiger partial charge is 0.382 e. The summed E-state index contributed by atoms with van der Waals surface area (Å²) in [5, 5.41) is 0. The van der Waals surface area contributed by atoms with Crippen molar-refractivity contribution in [1.82, 2.24) is 5.48 Å². The predicted octanol–water partition coefficient (Wildman–Crippen LogP) is 1.22. The normalized spacial score (nSPS) is 34.8. The van der Waals surface area contributed by atoms with Gasteiger partial charge >= 0.3 is 0 Å². The van der Waals surface area contributed by atoms with Crippen molar-refractivity contribution in [3.8, 4) is 0 Å². The minimum atomic E-state index is -0.589. The third kappa shape index (κ3) is 1.66. The van der Waals surface area contributed by atoms with E-state index in [1.54, 1.807) is 19.2 Å². The zero-order chi connectivity index (χ0) is 12.6. The molecule has 1 aromatic carbocycles. The first-order valence-corrected chi connectivity index (χ1v) is 6.02. The number of ether oxygens (including phenoxy) is 2. The van der Waals surface area contributed by atoms with E-state index in [1.807, 2.05) is 6.07 Å². The lowest BCUT2D eigenvalue weighted by atomic mass is 9.79. The van der Waals surface area contributed by atoms with E-state index >= 15 is 0 Å². The number of halogens is 1. The van der Waals surface area contributed by atoms with Crippen LogP contribution in [0.1, 0.15) is 5.56 Å². The smallest absolute Gasteiger partial charge is 0.128 e. The zero-order valence-corrected chi connectivity index (χ0v) is 10.2. The second kappa shape index (κ2) is 4.59. The van der Waals surface area contributed by atoms with Crippen LogP contribution in [0.25, 0.3) is 0 Å². The Morgan fingerprint density at radius 1 is 1.50 bits per heavy atom. The summed E-state index contributed by atoms with van der Waals surface area (Å²) < 4.78 is 24.9. The summed E-state index contributed by atoms with van der Waals surface area (Å²) in [6.07, 6.45) is -0.0652. The van der Waals surface area contributed by atoms with E-state index in [-0.39, 0.29) is 17.8 Å². The van der Waals surface area contributed by atoms with Gasteiger partial charge in [0.1, 0.15) is 11.4 Å². The highest BCUT2D eigenvalue weighted by Gasteiger charge is 2.55. The van der Waals surface area contributed by atoms with E-state index in [0.717, 1.165) is 0 Å². The summed E-state index contributed by atoms with van der Waals surface area (Å²) in [7, 11) is 1.63. The van der Waals surface area contributed by atoms with Crippen LogP contribution in [0.4, 0.5) is 4.39 Å². The number of benzene rings is 1. The fraction of sp³-hybridized carbons (Fsp3) is 0.538. The topological polar surface area (TPSA) is 39.7 Å². The van der Waals surface area contributed by atoms with Gasteiger partial charge in [0.05, 0.1) is 25.9 Å². The number of nitrogens with one attached hydrogen (secondary N) is 1. The molecule has 0 saturated carbocycles. The van der Waals surface area contributed by atoms with Crippen LogP contribution in [0.2, 0.25) is 0 Å². The van der Waals surface area contributed by atoms with E-state index in [9.17, 15) is 4.39 Å². The second-order valence-corrected chi connectivity index (χ2v) is 4.78. The van der Waals surface area contributed by atoms with E-state index in [2.05, 4.69) is 5.48 Å². The third-order valence-electron chi connectivity index (χ3n) is 3.81. The van der Waals surface area contributed by atoms with Gasteiger partial charge in [-0.2, -0.15) is 5.48 Å². The molecule has 0 aliphatic carbocycles. The highest BCUT2D eigenvalue weighted by atomic mass is 19.1. The monoisotopic (exact) mass is 253 g/mol. The summed E-state index contributed by atoms with van der Waals surface area (Å²) in [6, 6.07) is 6.75. The Balaban J connectivity index is 1.97. The average Bonchev–Trinajstić information content (AvgIpc) is 2.92. The maximum atomic E-state index is 14.0. The van der Waals surface area contributed by atoms with Crippen molar-refractivity contribution in [1.29, 1.82) is 0 Å². The molecule has 0 amide bonds. The van der Waals surface area contributed by atoms with Gasteiger partial charge in [0.15, 0.2) is 0 Å². The van der Waals surface area contributed by atoms with E-state index in [0.29, 0.717) is 25.4 Å². The SMILES string of the molecule is COCC1OCC2(c3ccccc3F)NOCC12. The molecule has 0 aromatic heterocycles. The maximum Gasteiger partial charge on any atom is 0.128 e. The van der Waals surface area contributed by atoms with E-state index in [4.69, 9.17) is 14.3 Å². The molecule has 0 spiro atoms. The lowest BCUT2D eigenvalue weighted by Crippen LogP contribution is -2.43. The lowest BCUT2D eigenvalue weighted by molar-refractivity contribution is -0.0207. The average molecular weight is 253 g/mol. The Hall–Kier alpha value is -1.01. The quantitative estimate of drug-likeness (QED) is 0.879. The lowest BCUT2D eigenvalue weighted by Gasteiger charge is -2.27. The molecular formula is C13H16FNO3. The van der Waals surface area contributed by atoms with Crippen molar-refractivity contribution in [2.24, 2.45) is 5.92 Å².